The molecule has 1 heterocycles. The fourth-order valence-corrected chi connectivity index (χ4v) is 3.36. The maximum Gasteiger partial charge on any atom is 0.192 e. The molecule has 1 unspecified atom stereocenters. The fraction of sp³-hybridized carbons (Fsp3) is 0.333. The number of aliphatic hydroxyl groups is 2. The van der Waals surface area contributed by atoms with E-state index in [4.69, 9.17) is 9.84 Å². The summed E-state index contributed by atoms with van der Waals surface area (Å²) < 4.78 is 18.4. The summed E-state index contributed by atoms with van der Waals surface area (Å²) in [5.74, 6) is -1.96. The summed E-state index contributed by atoms with van der Waals surface area (Å²) in [4.78, 5) is 1.78. The van der Waals surface area contributed by atoms with Crippen LogP contribution in [-0.2, 0) is 4.74 Å². The van der Waals surface area contributed by atoms with Crippen LogP contribution < -0.4 is 0 Å². The lowest BCUT2D eigenvalue weighted by Crippen LogP contribution is -2.31. The average molecular weight is 288 g/mol. The van der Waals surface area contributed by atoms with Gasteiger partial charge in [0.2, 0.25) is 0 Å². The van der Waals surface area contributed by atoms with Gasteiger partial charge in [-0.2, -0.15) is 0 Å². The van der Waals surface area contributed by atoms with E-state index in [-0.39, 0.29) is 19.6 Å². The Morgan fingerprint density at radius 1 is 1.28 bits per heavy atom. The molecule has 3 nitrogen and oxygen atoms in total. The highest BCUT2D eigenvalue weighted by Gasteiger charge is 2.28. The number of hydrogen-bond donors (Lipinski definition) is 2. The number of ether oxygens (including phenoxy) is 1. The second-order valence-electron chi connectivity index (χ2n) is 3.87. The van der Waals surface area contributed by atoms with Crippen molar-refractivity contribution >= 4 is 21.6 Å². The zero-order chi connectivity index (χ0) is 13.0. The summed E-state index contributed by atoms with van der Waals surface area (Å²) in [7, 11) is 2.92. The topological polar surface area (TPSA) is 49.7 Å². The highest BCUT2D eigenvalue weighted by atomic mass is 33.1. The molecule has 0 aromatic rings. The van der Waals surface area contributed by atoms with Crippen molar-refractivity contribution in [1.82, 2.24) is 0 Å². The van der Waals surface area contributed by atoms with Crippen LogP contribution >= 0.6 is 21.6 Å². The summed E-state index contributed by atoms with van der Waals surface area (Å²) in [6.07, 6.45) is 7.66. The third kappa shape index (κ3) is 3.73. The van der Waals surface area contributed by atoms with Gasteiger partial charge < -0.3 is 14.9 Å². The van der Waals surface area contributed by atoms with E-state index in [1.165, 1.54) is 39.8 Å². The van der Waals surface area contributed by atoms with E-state index < -0.39 is 11.6 Å². The van der Waals surface area contributed by atoms with Crippen molar-refractivity contribution in [1.29, 1.82) is 0 Å². The van der Waals surface area contributed by atoms with E-state index in [2.05, 4.69) is 0 Å². The van der Waals surface area contributed by atoms with Crippen LogP contribution in [-0.4, -0.2) is 29.2 Å². The minimum absolute atomic E-state index is 0.0188. The molecule has 0 saturated carbocycles. The molecule has 0 amide bonds. The lowest BCUT2D eigenvalue weighted by atomic mass is 10.1. The molecule has 0 radical (unpaired) electrons. The third-order valence-corrected chi connectivity index (χ3v) is 4.95. The molecule has 0 aromatic heterocycles. The number of allylic oxidation sites excluding steroid dienone is 4. The highest BCUT2D eigenvalue weighted by molar-refractivity contribution is 8.79. The molecule has 0 aromatic carbocycles. The van der Waals surface area contributed by atoms with Crippen molar-refractivity contribution < 1.29 is 19.3 Å². The molecule has 0 bridgehead atoms. The maximum atomic E-state index is 13.1. The van der Waals surface area contributed by atoms with Gasteiger partial charge in [0.1, 0.15) is 5.83 Å². The smallest absolute Gasteiger partial charge is 0.192 e. The van der Waals surface area contributed by atoms with Crippen LogP contribution in [0.25, 0.3) is 0 Å². The Balaban J connectivity index is 1.89. The maximum absolute atomic E-state index is 13.1. The Bertz CT molecular complexity index is 443. The van der Waals surface area contributed by atoms with Crippen LogP contribution in [0.5, 0.6) is 0 Å². The summed E-state index contributed by atoms with van der Waals surface area (Å²) in [5.41, 5.74) is 0. The molecule has 1 atom stereocenters. The zero-order valence-electron chi connectivity index (χ0n) is 9.51. The molecule has 0 saturated heterocycles. The largest absolute Gasteiger partial charge is 0.391 e. The summed E-state index contributed by atoms with van der Waals surface area (Å²) >= 11 is 0. The van der Waals surface area contributed by atoms with E-state index in [0.717, 1.165) is 9.81 Å². The fourth-order valence-electron chi connectivity index (χ4n) is 1.46. The molecule has 2 N–H and O–H groups in total. The van der Waals surface area contributed by atoms with Gasteiger partial charge >= 0.3 is 0 Å². The van der Waals surface area contributed by atoms with Crippen LogP contribution in [0.2, 0.25) is 0 Å². The number of rotatable bonds is 4. The van der Waals surface area contributed by atoms with Gasteiger partial charge in [0.25, 0.3) is 0 Å². The van der Waals surface area contributed by atoms with Gasteiger partial charge in [0.05, 0.1) is 19.6 Å². The molecule has 2 aliphatic rings. The Morgan fingerprint density at radius 3 is 2.61 bits per heavy atom. The van der Waals surface area contributed by atoms with Crippen molar-refractivity contribution in [3.05, 3.63) is 46.0 Å². The average Bonchev–Trinajstić information content (AvgIpc) is 2.37. The van der Waals surface area contributed by atoms with Gasteiger partial charge in [-0.05, 0) is 24.3 Å². The molecule has 98 valence electrons. The number of hydrogen-bond acceptors (Lipinski definition) is 5. The first-order valence-electron chi connectivity index (χ1n) is 5.37. The predicted molar refractivity (Wildman–Crippen MR) is 72.3 cm³/mol. The molecule has 18 heavy (non-hydrogen) atoms. The molecule has 0 fully saturated rings. The zero-order valence-corrected chi connectivity index (χ0v) is 11.1. The monoisotopic (exact) mass is 288 g/mol. The van der Waals surface area contributed by atoms with Crippen molar-refractivity contribution in [3.63, 3.8) is 0 Å². The first-order chi connectivity index (χ1) is 8.61. The van der Waals surface area contributed by atoms with Crippen LogP contribution in [0.15, 0.2) is 46.0 Å². The van der Waals surface area contributed by atoms with Crippen molar-refractivity contribution in [2.45, 2.75) is 12.2 Å². The van der Waals surface area contributed by atoms with E-state index in [1.807, 2.05) is 6.08 Å². The van der Waals surface area contributed by atoms with Gasteiger partial charge in [-0.3, -0.25) is 0 Å². The Morgan fingerprint density at radius 2 is 2.00 bits per heavy atom. The lowest BCUT2D eigenvalue weighted by molar-refractivity contribution is -0.160. The van der Waals surface area contributed by atoms with Gasteiger partial charge in [0, 0.05) is 9.81 Å². The van der Waals surface area contributed by atoms with Crippen LogP contribution in [0.3, 0.4) is 0 Å². The SMILES string of the molecule is OCC1=CC=C(COC2(O)C=CC=C(F)C2)SS1. The summed E-state index contributed by atoms with van der Waals surface area (Å²) in [6, 6.07) is 0. The number of aliphatic hydroxyl groups excluding tert-OH is 1. The molecule has 1 aliphatic heterocycles. The van der Waals surface area contributed by atoms with Crippen LogP contribution in [0, 0.1) is 0 Å². The molecule has 0 spiro atoms. The summed E-state index contributed by atoms with van der Waals surface area (Å²) in [6.45, 7) is 0.228. The predicted octanol–water partition coefficient (Wildman–Crippen LogP) is 2.66. The van der Waals surface area contributed by atoms with Gasteiger partial charge in [0.15, 0.2) is 5.79 Å². The molecule has 1 aliphatic carbocycles. The first kappa shape index (κ1) is 13.9. The van der Waals surface area contributed by atoms with Gasteiger partial charge in [-0.25, -0.2) is 4.39 Å². The van der Waals surface area contributed by atoms with E-state index in [0.29, 0.717) is 0 Å². The second-order valence-corrected chi connectivity index (χ2v) is 6.26. The van der Waals surface area contributed by atoms with Crippen LogP contribution in [0.1, 0.15) is 6.42 Å². The Labute approximate surface area is 112 Å². The number of halogens is 1. The van der Waals surface area contributed by atoms with E-state index in [9.17, 15) is 9.50 Å². The minimum Gasteiger partial charge on any atom is -0.391 e. The van der Waals surface area contributed by atoms with Crippen molar-refractivity contribution in [2.75, 3.05) is 13.2 Å². The normalized spacial score (nSPS) is 27.6. The molecular formula is C12H13FO3S2. The van der Waals surface area contributed by atoms with Crippen LogP contribution in [0.4, 0.5) is 4.39 Å². The molecular weight excluding hydrogens is 275 g/mol. The first-order valence-corrected chi connectivity index (χ1v) is 7.52. The summed E-state index contributed by atoms with van der Waals surface area (Å²) in [5, 5.41) is 18.9. The van der Waals surface area contributed by atoms with Crippen molar-refractivity contribution in [2.24, 2.45) is 0 Å². The third-order valence-electron chi connectivity index (χ3n) is 2.39. The standard InChI is InChI=1S/C12H13FO3S2/c13-9-2-1-5-12(15,6-9)16-8-11-4-3-10(7-14)17-18-11/h1-5,14-15H,6-8H2. The molecule has 2 rings (SSSR count). The second kappa shape index (κ2) is 6.08. The Hall–Kier alpha value is -0.530. The van der Waals surface area contributed by atoms with E-state index >= 15 is 0 Å². The molecule has 6 heteroatoms. The highest BCUT2D eigenvalue weighted by Crippen LogP contribution is 2.40. The van der Waals surface area contributed by atoms with Gasteiger partial charge in [-0.1, -0.05) is 27.7 Å². The van der Waals surface area contributed by atoms with Crippen molar-refractivity contribution in [3.8, 4) is 0 Å². The Kier molecular flexibility index (Phi) is 4.69. The lowest BCUT2D eigenvalue weighted by Gasteiger charge is -2.26. The minimum atomic E-state index is -1.56. The van der Waals surface area contributed by atoms with E-state index in [1.54, 1.807) is 6.08 Å². The van der Waals surface area contributed by atoms with Gasteiger partial charge in [-0.15, -0.1) is 0 Å². The quantitative estimate of drug-likeness (QED) is 0.615.